The van der Waals surface area contributed by atoms with Crippen LogP contribution in [0.1, 0.15) is 74.3 Å². The average molecular weight is 499 g/mol. The molecule has 2 N–H and O–H groups in total. The number of esters is 1. The van der Waals surface area contributed by atoms with Crippen molar-refractivity contribution in [2.24, 2.45) is 5.41 Å². The van der Waals surface area contributed by atoms with E-state index in [-0.39, 0.29) is 24.4 Å². The van der Waals surface area contributed by atoms with Gasteiger partial charge in [0.25, 0.3) is 0 Å². The van der Waals surface area contributed by atoms with Crippen LogP contribution in [0.15, 0.2) is 48.6 Å². The van der Waals surface area contributed by atoms with E-state index in [1.165, 1.54) is 16.7 Å². The number of aliphatic hydroxyl groups is 2. The Balaban J connectivity index is 1.90. The van der Waals surface area contributed by atoms with Gasteiger partial charge >= 0.3 is 5.97 Å². The van der Waals surface area contributed by atoms with E-state index in [4.69, 9.17) is 4.74 Å². The highest BCUT2D eigenvalue weighted by atomic mass is 19.1. The zero-order valence-electron chi connectivity index (χ0n) is 22.2. The van der Waals surface area contributed by atoms with Crippen LogP contribution in [0.3, 0.4) is 0 Å². The first-order chi connectivity index (χ1) is 17.3. The Kier molecular flexibility index (Phi) is 12.3. The molecular formula is C31H43FO4. The van der Waals surface area contributed by atoms with Crippen LogP contribution in [-0.2, 0) is 41.6 Å². The number of aryl methyl sites for hydroxylation is 5. The van der Waals surface area contributed by atoms with Crippen molar-refractivity contribution in [1.29, 1.82) is 0 Å². The molecule has 0 bridgehead atoms. The van der Waals surface area contributed by atoms with Gasteiger partial charge in [-0.1, -0.05) is 50.8 Å². The zero-order chi connectivity index (χ0) is 26.6. The molecule has 0 aromatic heterocycles. The smallest absolute Gasteiger partial charge is 0.333 e. The van der Waals surface area contributed by atoms with Crippen molar-refractivity contribution in [2.45, 2.75) is 78.6 Å². The van der Waals surface area contributed by atoms with E-state index in [2.05, 4.69) is 31.7 Å². The first kappa shape index (κ1) is 29.7. The van der Waals surface area contributed by atoms with Crippen LogP contribution in [0, 0.1) is 11.2 Å². The molecule has 0 aliphatic heterocycles. The third-order valence-corrected chi connectivity index (χ3v) is 7.22. The minimum Gasteiger partial charge on any atom is -0.462 e. The number of ether oxygens (including phenoxy) is 1. The number of halogens is 1. The zero-order valence-corrected chi connectivity index (χ0v) is 22.2. The normalized spacial score (nSPS) is 11.5. The monoisotopic (exact) mass is 498 g/mol. The quantitative estimate of drug-likeness (QED) is 0.171. The summed E-state index contributed by atoms with van der Waals surface area (Å²) in [6.07, 6.45) is 7.04. The lowest BCUT2D eigenvalue weighted by Crippen LogP contribution is -2.29. The molecule has 198 valence electrons. The molecule has 2 aromatic rings. The van der Waals surface area contributed by atoms with Gasteiger partial charge < -0.3 is 14.9 Å². The fraction of sp³-hybridized carbons (Fsp3) is 0.516. The molecule has 0 saturated carbocycles. The first-order valence-electron chi connectivity index (χ1n) is 13.2. The van der Waals surface area contributed by atoms with Gasteiger partial charge in [-0.05, 0) is 98.6 Å². The summed E-state index contributed by atoms with van der Waals surface area (Å²) in [4.78, 5) is 11.4. The Morgan fingerprint density at radius 3 is 2.11 bits per heavy atom. The molecule has 5 heteroatoms. The molecule has 0 aliphatic carbocycles. The molecule has 4 nitrogen and oxygen atoms in total. The molecule has 0 amide bonds. The lowest BCUT2D eigenvalue weighted by Gasteiger charge is -2.28. The fourth-order valence-corrected chi connectivity index (χ4v) is 4.47. The van der Waals surface area contributed by atoms with Crippen molar-refractivity contribution in [3.63, 3.8) is 0 Å². The van der Waals surface area contributed by atoms with Crippen molar-refractivity contribution in [1.82, 2.24) is 0 Å². The molecule has 0 radical (unpaired) electrons. The standard InChI is InChI=1S/C31H43FO4/c1-5-26-19-24(9-7-17-31(6-2,21-33)22-34)11-13-27(26)15-16-28-14-12-25(20-29(28)32)10-8-18-36-30(35)23(3)4/h11-14,19-20,33-34H,3,5-10,15-18,21-22H2,1-2,4H3. The van der Waals surface area contributed by atoms with Crippen molar-refractivity contribution in [3.8, 4) is 0 Å². The molecule has 0 spiro atoms. The lowest BCUT2D eigenvalue weighted by molar-refractivity contribution is -0.139. The van der Waals surface area contributed by atoms with Crippen molar-refractivity contribution in [3.05, 3.63) is 82.2 Å². The van der Waals surface area contributed by atoms with E-state index in [0.29, 0.717) is 37.0 Å². The van der Waals surface area contributed by atoms with Crippen LogP contribution in [-0.4, -0.2) is 36.0 Å². The Bertz CT molecular complexity index is 986. The summed E-state index contributed by atoms with van der Waals surface area (Å²) in [5.41, 5.74) is 5.41. The van der Waals surface area contributed by atoms with Crippen LogP contribution in [0.5, 0.6) is 0 Å². The predicted molar refractivity (Wildman–Crippen MR) is 144 cm³/mol. The average Bonchev–Trinajstić information content (AvgIpc) is 2.89. The molecule has 36 heavy (non-hydrogen) atoms. The first-order valence-corrected chi connectivity index (χ1v) is 13.2. The summed E-state index contributed by atoms with van der Waals surface area (Å²) in [5, 5.41) is 19.3. The number of carbonyl (C=O) groups is 1. The Morgan fingerprint density at radius 1 is 0.917 bits per heavy atom. The molecule has 0 saturated heterocycles. The minimum atomic E-state index is -0.391. The molecular weight excluding hydrogens is 455 g/mol. The molecule has 2 rings (SSSR count). The topological polar surface area (TPSA) is 66.8 Å². The van der Waals surface area contributed by atoms with Gasteiger partial charge in [-0.3, -0.25) is 0 Å². The third kappa shape index (κ3) is 8.86. The fourth-order valence-electron chi connectivity index (χ4n) is 4.47. The van der Waals surface area contributed by atoms with Gasteiger partial charge in [0.2, 0.25) is 0 Å². The van der Waals surface area contributed by atoms with Crippen LogP contribution in [0.25, 0.3) is 0 Å². The highest BCUT2D eigenvalue weighted by molar-refractivity contribution is 5.86. The van der Waals surface area contributed by atoms with Crippen molar-refractivity contribution >= 4 is 5.97 Å². The van der Waals surface area contributed by atoms with E-state index in [9.17, 15) is 19.4 Å². The Hall–Kier alpha value is -2.50. The van der Waals surface area contributed by atoms with E-state index in [0.717, 1.165) is 44.1 Å². The van der Waals surface area contributed by atoms with Crippen LogP contribution >= 0.6 is 0 Å². The summed E-state index contributed by atoms with van der Waals surface area (Å²) in [6, 6.07) is 12.0. The molecule has 0 fully saturated rings. The predicted octanol–water partition coefficient (Wildman–Crippen LogP) is 5.93. The maximum Gasteiger partial charge on any atom is 0.333 e. The summed E-state index contributed by atoms with van der Waals surface area (Å²) >= 11 is 0. The van der Waals surface area contributed by atoms with Gasteiger partial charge in [-0.2, -0.15) is 0 Å². The second kappa shape index (κ2) is 14.9. The van der Waals surface area contributed by atoms with Crippen LogP contribution < -0.4 is 0 Å². The number of hydrogen-bond acceptors (Lipinski definition) is 4. The maximum atomic E-state index is 14.7. The van der Waals surface area contributed by atoms with Crippen LogP contribution in [0.2, 0.25) is 0 Å². The van der Waals surface area contributed by atoms with Gasteiger partial charge in [0.15, 0.2) is 0 Å². The van der Waals surface area contributed by atoms with Gasteiger partial charge in [0, 0.05) is 11.0 Å². The summed E-state index contributed by atoms with van der Waals surface area (Å²) in [5.74, 6) is -0.578. The second-order valence-corrected chi connectivity index (χ2v) is 9.93. The van der Waals surface area contributed by atoms with Gasteiger partial charge in [0.1, 0.15) is 5.82 Å². The maximum absolute atomic E-state index is 14.7. The van der Waals surface area contributed by atoms with E-state index >= 15 is 0 Å². The van der Waals surface area contributed by atoms with Gasteiger partial charge in [0.05, 0.1) is 19.8 Å². The van der Waals surface area contributed by atoms with Crippen molar-refractivity contribution < 1.29 is 24.1 Å². The minimum absolute atomic E-state index is 0.0154. The summed E-state index contributed by atoms with van der Waals surface area (Å²) in [7, 11) is 0. The third-order valence-electron chi connectivity index (χ3n) is 7.22. The molecule has 0 unspecified atom stereocenters. The highest BCUT2D eigenvalue weighted by Gasteiger charge is 2.25. The lowest BCUT2D eigenvalue weighted by atomic mass is 9.81. The van der Waals surface area contributed by atoms with Gasteiger partial charge in [-0.25, -0.2) is 9.18 Å². The van der Waals surface area contributed by atoms with E-state index < -0.39 is 5.97 Å². The van der Waals surface area contributed by atoms with E-state index in [1.54, 1.807) is 13.0 Å². The van der Waals surface area contributed by atoms with Crippen molar-refractivity contribution in [2.75, 3.05) is 19.8 Å². The number of rotatable bonds is 16. The highest BCUT2D eigenvalue weighted by Crippen LogP contribution is 2.28. The SMILES string of the molecule is C=C(C)C(=O)OCCCc1ccc(CCc2ccc(CCCC(CC)(CO)CO)cc2CC)c(F)c1. The molecule has 0 heterocycles. The van der Waals surface area contributed by atoms with E-state index in [1.807, 2.05) is 19.1 Å². The number of aliphatic hydroxyl groups excluding tert-OH is 2. The largest absolute Gasteiger partial charge is 0.462 e. The summed E-state index contributed by atoms with van der Waals surface area (Å²) in [6.45, 7) is 9.66. The Labute approximate surface area is 216 Å². The molecule has 0 aliphatic rings. The summed E-state index contributed by atoms with van der Waals surface area (Å²) < 4.78 is 19.8. The second-order valence-electron chi connectivity index (χ2n) is 9.93. The molecule has 0 atom stereocenters. The van der Waals surface area contributed by atoms with Crippen LogP contribution in [0.4, 0.5) is 4.39 Å². The molecule has 2 aromatic carbocycles. The number of carbonyl (C=O) groups excluding carboxylic acids is 1. The Morgan fingerprint density at radius 2 is 1.53 bits per heavy atom. The number of hydrogen-bond donors (Lipinski definition) is 2. The van der Waals surface area contributed by atoms with Gasteiger partial charge in [-0.15, -0.1) is 0 Å². The number of benzene rings is 2.